The number of para-hydroxylation sites is 1. The summed E-state index contributed by atoms with van der Waals surface area (Å²) in [4.78, 5) is 20.3. The Balaban J connectivity index is 1.18. The van der Waals surface area contributed by atoms with Gasteiger partial charge in [0.25, 0.3) is 5.19 Å². The lowest BCUT2D eigenvalue weighted by atomic mass is 10.1. The number of rotatable bonds is 7. The molecule has 1 aliphatic heterocycles. The number of benzene rings is 2. The second-order valence-electron chi connectivity index (χ2n) is 7.53. The van der Waals surface area contributed by atoms with Crippen LogP contribution in [0.1, 0.15) is 31.2 Å². The molecule has 1 aromatic heterocycles. The van der Waals surface area contributed by atoms with Crippen molar-refractivity contribution in [3.63, 3.8) is 0 Å². The summed E-state index contributed by atoms with van der Waals surface area (Å²) < 4.78 is 7.12. The molecule has 0 N–H and O–H groups in total. The van der Waals surface area contributed by atoms with Crippen LogP contribution in [0.25, 0.3) is 10.2 Å². The summed E-state index contributed by atoms with van der Waals surface area (Å²) in [5, 5.41) is 1.32. The smallest absolute Gasteiger partial charge is 0.274 e. The van der Waals surface area contributed by atoms with E-state index in [9.17, 15) is 4.79 Å². The van der Waals surface area contributed by atoms with E-state index in [4.69, 9.17) is 16.3 Å². The van der Waals surface area contributed by atoms with Crippen LogP contribution in [0.2, 0.25) is 5.02 Å². The number of carbonyl (C=O) groups is 1. The molecule has 0 saturated carbocycles. The number of aromatic nitrogens is 1. The van der Waals surface area contributed by atoms with Gasteiger partial charge in [0, 0.05) is 37.2 Å². The molecule has 0 spiro atoms. The molecule has 0 unspecified atom stereocenters. The van der Waals surface area contributed by atoms with Crippen LogP contribution in [0.3, 0.4) is 0 Å². The van der Waals surface area contributed by atoms with Gasteiger partial charge in [0.1, 0.15) is 11.6 Å². The minimum Gasteiger partial charge on any atom is -0.467 e. The highest BCUT2D eigenvalue weighted by Gasteiger charge is 2.24. The Morgan fingerprint density at radius 3 is 2.73 bits per heavy atom. The van der Waals surface area contributed by atoms with E-state index >= 15 is 0 Å². The third-order valence-corrected chi connectivity index (χ3v) is 7.55. The van der Waals surface area contributed by atoms with E-state index in [1.165, 1.54) is 21.8 Å². The average Bonchev–Trinajstić information content (AvgIpc) is 3.17. The van der Waals surface area contributed by atoms with Crippen molar-refractivity contribution in [3.8, 4) is 5.19 Å². The van der Waals surface area contributed by atoms with Gasteiger partial charge in [-0.3, -0.25) is 4.79 Å². The summed E-state index contributed by atoms with van der Waals surface area (Å²) >= 11 is 9.54. The number of amides is 1. The van der Waals surface area contributed by atoms with Crippen molar-refractivity contribution in [2.45, 2.75) is 43.6 Å². The van der Waals surface area contributed by atoms with E-state index in [-0.39, 0.29) is 12.0 Å². The molecule has 7 heteroatoms. The van der Waals surface area contributed by atoms with Crippen molar-refractivity contribution in [2.75, 3.05) is 18.8 Å². The summed E-state index contributed by atoms with van der Waals surface area (Å²) in [6.07, 6.45) is 3.30. The first kappa shape index (κ1) is 21.5. The zero-order valence-electron chi connectivity index (χ0n) is 17.0. The van der Waals surface area contributed by atoms with Gasteiger partial charge in [0.15, 0.2) is 0 Å². The number of thioether (sulfide) groups is 1. The zero-order valence-corrected chi connectivity index (χ0v) is 19.4. The summed E-state index contributed by atoms with van der Waals surface area (Å²) in [6, 6.07) is 14.3. The van der Waals surface area contributed by atoms with Gasteiger partial charge >= 0.3 is 0 Å². The predicted octanol–water partition coefficient (Wildman–Crippen LogP) is 6.20. The highest BCUT2D eigenvalue weighted by Crippen LogP contribution is 2.33. The number of halogens is 1. The molecule has 0 bridgehead atoms. The molecule has 4 nitrogen and oxygen atoms in total. The number of ether oxygens (including phenoxy) is 1. The first-order valence-corrected chi connectivity index (χ1v) is 12.5. The maximum Gasteiger partial charge on any atom is 0.274 e. The minimum atomic E-state index is 0.102. The molecule has 0 atom stereocenters. The van der Waals surface area contributed by atoms with E-state index in [0.29, 0.717) is 16.6 Å². The number of hydrogen-bond donors (Lipinski definition) is 0. The highest BCUT2D eigenvalue weighted by molar-refractivity contribution is 7.99. The van der Waals surface area contributed by atoms with E-state index in [0.717, 1.165) is 48.3 Å². The third-order valence-electron chi connectivity index (χ3n) is 5.24. The van der Waals surface area contributed by atoms with Crippen molar-refractivity contribution >= 4 is 50.8 Å². The van der Waals surface area contributed by atoms with Crippen LogP contribution in [0.5, 0.6) is 5.19 Å². The molecule has 30 heavy (non-hydrogen) atoms. The van der Waals surface area contributed by atoms with Crippen molar-refractivity contribution in [3.05, 3.63) is 53.1 Å². The van der Waals surface area contributed by atoms with Crippen LogP contribution in [0, 0.1) is 6.92 Å². The Labute approximate surface area is 190 Å². The lowest BCUT2D eigenvalue weighted by Crippen LogP contribution is -2.41. The Kier molecular flexibility index (Phi) is 7.18. The molecule has 1 amide bonds. The molecule has 4 rings (SSSR count). The Hall–Kier alpha value is -1.76. The molecule has 1 fully saturated rings. The lowest BCUT2D eigenvalue weighted by Gasteiger charge is -2.31. The SMILES string of the molecule is Cc1ccc(SCCCC(=O)N2CCC(Oc3nc4c(Cl)cccc4s3)CC2)cc1. The first-order chi connectivity index (χ1) is 14.6. The molecule has 158 valence electrons. The van der Waals surface area contributed by atoms with Crippen molar-refractivity contribution in [1.82, 2.24) is 9.88 Å². The van der Waals surface area contributed by atoms with Crippen molar-refractivity contribution < 1.29 is 9.53 Å². The fraction of sp³-hybridized carbons (Fsp3) is 0.391. The molecule has 0 radical (unpaired) electrons. The maximum absolute atomic E-state index is 12.5. The summed E-state index contributed by atoms with van der Waals surface area (Å²) in [7, 11) is 0. The average molecular weight is 461 g/mol. The maximum atomic E-state index is 12.5. The number of thiazole rings is 1. The third kappa shape index (κ3) is 5.48. The van der Waals surface area contributed by atoms with Gasteiger partial charge in [-0.1, -0.05) is 46.7 Å². The van der Waals surface area contributed by atoms with Gasteiger partial charge in [-0.2, -0.15) is 0 Å². The molecular formula is C23H25ClN2O2S2. The van der Waals surface area contributed by atoms with Gasteiger partial charge in [0.05, 0.1) is 9.72 Å². The van der Waals surface area contributed by atoms with Crippen LogP contribution in [0.15, 0.2) is 47.4 Å². The largest absolute Gasteiger partial charge is 0.467 e. The van der Waals surface area contributed by atoms with E-state index in [2.05, 4.69) is 36.2 Å². The number of aryl methyl sites for hydroxylation is 1. The molecule has 1 saturated heterocycles. The Bertz CT molecular complexity index is 998. The first-order valence-electron chi connectivity index (χ1n) is 10.3. The van der Waals surface area contributed by atoms with E-state index in [1.54, 1.807) is 0 Å². The molecule has 0 aliphatic carbocycles. The van der Waals surface area contributed by atoms with E-state index in [1.807, 2.05) is 34.9 Å². The molecule has 3 aromatic rings. The van der Waals surface area contributed by atoms with Gasteiger partial charge in [-0.25, -0.2) is 4.98 Å². The molecule has 2 heterocycles. The van der Waals surface area contributed by atoms with Gasteiger partial charge in [-0.05, 0) is 43.4 Å². The Morgan fingerprint density at radius 1 is 1.23 bits per heavy atom. The molecule has 1 aliphatic rings. The van der Waals surface area contributed by atoms with Gasteiger partial charge < -0.3 is 9.64 Å². The zero-order chi connectivity index (χ0) is 20.9. The van der Waals surface area contributed by atoms with Crippen LogP contribution in [0.4, 0.5) is 0 Å². The lowest BCUT2D eigenvalue weighted by molar-refractivity contribution is -0.133. The van der Waals surface area contributed by atoms with Crippen LogP contribution < -0.4 is 4.74 Å². The second kappa shape index (κ2) is 10.0. The second-order valence-corrected chi connectivity index (χ2v) is 10.1. The molecule has 2 aromatic carbocycles. The van der Waals surface area contributed by atoms with Crippen LogP contribution >= 0.6 is 34.7 Å². The number of nitrogens with zero attached hydrogens (tertiary/aromatic N) is 2. The number of hydrogen-bond acceptors (Lipinski definition) is 5. The predicted molar refractivity (Wildman–Crippen MR) is 126 cm³/mol. The van der Waals surface area contributed by atoms with Crippen LogP contribution in [-0.4, -0.2) is 40.7 Å². The number of likely N-dealkylation sites (tertiary alicyclic amines) is 1. The Morgan fingerprint density at radius 2 is 2.00 bits per heavy atom. The van der Waals surface area contributed by atoms with Crippen molar-refractivity contribution in [1.29, 1.82) is 0 Å². The van der Waals surface area contributed by atoms with Crippen molar-refractivity contribution in [2.24, 2.45) is 0 Å². The minimum absolute atomic E-state index is 0.102. The molecular weight excluding hydrogens is 436 g/mol. The fourth-order valence-corrected chi connectivity index (χ4v) is 5.55. The number of piperidine rings is 1. The van der Waals surface area contributed by atoms with Crippen LogP contribution in [-0.2, 0) is 4.79 Å². The topological polar surface area (TPSA) is 42.4 Å². The highest BCUT2D eigenvalue weighted by atomic mass is 35.5. The standard InChI is InChI=1S/C23H25ClN2O2S2/c1-16-7-9-18(10-8-16)29-15-3-6-21(27)26-13-11-17(12-14-26)28-23-25-22-19(24)4-2-5-20(22)30-23/h2,4-5,7-10,17H,3,6,11-15H2,1H3. The monoisotopic (exact) mass is 460 g/mol. The summed E-state index contributed by atoms with van der Waals surface area (Å²) in [5.41, 5.74) is 2.07. The number of carbonyl (C=O) groups excluding carboxylic acids is 1. The summed E-state index contributed by atoms with van der Waals surface area (Å²) in [6.45, 7) is 3.59. The normalized spacial score (nSPS) is 14.9. The fourth-order valence-electron chi connectivity index (χ4n) is 3.52. The van der Waals surface area contributed by atoms with Gasteiger partial charge in [0.2, 0.25) is 5.91 Å². The quantitative estimate of drug-likeness (QED) is 0.311. The van der Waals surface area contributed by atoms with E-state index < -0.39 is 0 Å². The number of fused-ring (bicyclic) bond motifs is 1. The summed E-state index contributed by atoms with van der Waals surface area (Å²) in [5.74, 6) is 1.22. The van der Waals surface area contributed by atoms with Gasteiger partial charge in [-0.15, -0.1) is 11.8 Å².